The molecule has 0 bridgehead atoms. The Labute approximate surface area is 106 Å². The van der Waals surface area contributed by atoms with Crippen molar-refractivity contribution in [3.8, 4) is 0 Å². The molecule has 0 spiro atoms. The maximum Gasteiger partial charge on any atom is 0.330 e. The van der Waals surface area contributed by atoms with Crippen molar-refractivity contribution >= 4 is 11.9 Å². The number of carbonyl (C=O) groups is 2. The quantitative estimate of drug-likeness (QED) is 0.571. The van der Waals surface area contributed by atoms with E-state index in [1.807, 2.05) is 30.3 Å². The predicted octanol–water partition coefficient (Wildman–Crippen LogP) is 2.06. The first-order chi connectivity index (χ1) is 8.63. The molecule has 1 aromatic rings. The Kier molecular flexibility index (Phi) is 5.64. The van der Waals surface area contributed by atoms with Crippen molar-refractivity contribution in [3.05, 3.63) is 48.6 Å². The number of benzene rings is 1. The van der Waals surface area contributed by atoms with Crippen LogP contribution in [0.25, 0.3) is 0 Å². The molecule has 1 atom stereocenters. The smallest absolute Gasteiger partial charge is 0.330 e. The van der Waals surface area contributed by atoms with Crippen LogP contribution in [0.5, 0.6) is 0 Å². The highest BCUT2D eigenvalue weighted by atomic mass is 16.5. The van der Waals surface area contributed by atoms with Crippen molar-refractivity contribution < 1.29 is 19.1 Å². The summed E-state index contributed by atoms with van der Waals surface area (Å²) in [5, 5.41) is 0. The number of esters is 2. The van der Waals surface area contributed by atoms with Gasteiger partial charge in [-0.2, -0.15) is 0 Å². The van der Waals surface area contributed by atoms with Crippen molar-refractivity contribution in [1.82, 2.24) is 0 Å². The lowest BCUT2D eigenvalue weighted by Gasteiger charge is -2.16. The Bertz CT molecular complexity index is 411. The zero-order valence-corrected chi connectivity index (χ0v) is 10.3. The summed E-state index contributed by atoms with van der Waals surface area (Å²) in [6.45, 7) is 5.01. The molecule has 0 amide bonds. The van der Waals surface area contributed by atoms with Gasteiger partial charge in [-0.05, 0) is 5.56 Å². The topological polar surface area (TPSA) is 52.6 Å². The monoisotopic (exact) mass is 248 g/mol. The van der Waals surface area contributed by atoms with E-state index in [9.17, 15) is 9.59 Å². The normalized spacial score (nSPS) is 11.4. The van der Waals surface area contributed by atoms with Gasteiger partial charge in [-0.25, -0.2) is 4.79 Å². The summed E-state index contributed by atoms with van der Waals surface area (Å²) in [5.41, 5.74) is 0.954. The standard InChI is InChI=1S/C14H16O4/c1-3-14(16)18-10-13(9-17-11(2)15)12-7-5-4-6-8-12/h3-8,13H,1,9-10H2,2H3. The summed E-state index contributed by atoms with van der Waals surface area (Å²) in [5.74, 6) is -1.01. The summed E-state index contributed by atoms with van der Waals surface area (Å²) in [4.78, 5) is 21.9. The van der Waals surface area contributed by atoms with Crippen LogP contribution < -0.4 is 0 Å². The highest BCUT2D eigenvalue weighted by molar-refractivity contribution is 5.81. The van der Waals surface area contributed by atoms with Gasteiger partial charge in [0.15, 0.2) is 0 Å². The summed E-state index contributed by atoms with van der Waals surface area (Å²) in [6.07, 6.45) is 1.11. The second kappa shape index (κ2) is 7.27. The largest absolute Gasteiger partial charge is 0.465 e. The molecule has 0 fully saturated rings. The molecule has 0 saturated carbocycles. The zero-order chi connectivity index (χ0) is 13.4. The summed E-state index contributed by atoms with van der Waals surface area (Å²) >= 11 is 0. The van der Waals surface area contributed by atoms with Gasteiger partial charge in [-0.15, -0.1) is 0 Å². The molecule has 0 heterocycles. The minimum Gasteiger partial charge on any atom is -0.465 e. The first-order valence-electron chi connectivity index (χ1n) is 5.61. The molecule has 96 valence electrons. The van der Waals surface area contributed by atoms with E-state index >= 15 is 0 Å². The molecule has 18 heavy (non-hydrogen) atoms. The molecular formula is C14H16O4. The molecule has 4 heteroatoms. The van der Waals surface area contributed by atoms with E-state index in [0.717, 1.165) is 11.6 Å². The van der Waals surface area contributed by atoms with Crippen LogP contribution in [0.1, 0.15) is 18.4 Å². The van der Waals surface area contributed by atoms with Crippen molar-refractivity contribution in [3.63, 3.8) is 0 Å². The fourth-order valence-electron chi connectivity index (χ4n) is 1.43. The summed E-state index contributed by atoms with van der Waals surface area (Å²) < 4.78 is 9.96. The Balaban J connectivity index is 2.66. The molecule has 0 aromatic heterocycles. The lowest BCUT2D eigenvalue weighted by Crippen LogP contribution is -2.18. The van der Waals surface area contributed by atoms with E-state index in [0.29, 0.717) is 0 Å². The van der Waals surface area contributed by atoms with Gasteiger partial charge in [0.2, 0.25) is 0 Å². The minimum atomic E-state index is -0.487. The average Bonchev–Trinajstić information content (AvgIpc) is 2.39. The van der Waals surface area contributed by atoms with Crippen LogP contribution in [-0.4, -0.2) is 25.2 Å². The molecule has 0 N–H and O–H groups in total. The van der Waals surface area contributed by atoms with Gasteiger partial charge in [0.1, 0.15) is 13.2 Å². The molecule has 1 rings (SSSR count). The van der Waals surface area contributed by atoms with Crippen molar-refractivity contribution in [1.29, 1.82) is 0 Å². The second-order valence-corrected chi connectivity index (χ2v) is 3.74. The molecular weight excluding hydrogens is 232 g/mol. The zero-order valence-electron chi connectivity index (χ0n) is 10.3. The Hall–Kier alpha value is -2.10. The maximum absolute atomic E-state index is 11.0. The van der Waals surface area contributed by atoms with Gasteiger partial charge in [0.05, 0.1) is 5.92 Å². The van der Waals surface area contributed by atoms with Gasteiger partial charge >= 0.3 is 11.9 Å². The Morgan fingerprint density at radius 1 is 1.22 bits per heavy atom. The van der Waals surface area contributed by atoms with Gasteiger partial charge in [0.25, 0.3) is 0 Å². The highest BCUT2D eigenvalue weighted by Gasteiger charge is 2.15. The van der Waals surface area contributed by atoms with E-state index in [1.54, 1.807) is 0 Å². The van der Waals surface area contributed by atoms with Crippen molar-refractivity contribution in [2.24, 2.45) is 0 Å². The van der Waals surface area contributed by atoms with E-state index in [1.165, 1.54) is 6.92 Å². The van der Waals surface area contributed by atoms with E-state index in [-0.39, 0.29) is 25.1 Å². The van der Waals surface area contributed by atoms with Crippen LogP contribution in [0.4, 0.5) is 0 Å². The van der Waals surface area contributed by atoms with Crippen molar-refractivity contribution in [2.75, 3.05) is 13.2 Å². The third-order valence-electron chi connectivity index (χ3n) is 2.35. The molecule has 1 aromatic carbocycles. The molecule has 0 aliphatic rings. The van der Waals surface area contributed by atoms with Gasteiger partial charge < -0.3 is 9.47 Å². The molecule has 4 nitrogen and oxygen atoms in total. The van der Waals surface area contributed by atoms with Crippen molar-refractivity contribution in [2.45, 2.75) is 12.8 Å². The number of ether oxygens (including phenoxy) is 2. The molecule has 0 aliphatic carbocycles. The predicted molar refractivity (Wildman–Crippen MR) is 67.0 cm³/mol. The van der Waals surface area contributed by atoms with Crippen LogP contribution in [0.3, 0.4) is 0 Å². The lowest BCUT2D eigenvalue weighted by molar-refractivity contribution is -0.143. The fraction of sp³-hybridized carbons (Fsp3) is 0.286. The van der Waals surface area contributed by atoms with E-state index in [2.05, 4.69) is 6.58 Å². The van der Waals surface area contributed by atoms with Crippen LogP contribution in [0.2, 0.25) is 0 Å². The third-order valence-corrected chi connectivity index (χ3v) is 2.35. The van der Waals surface area contributed by atoms with Crippen LogP contribution in [-0.2, 0) is 19.1 Å². The number of carbonyl (C=O) groups excluding carboxylic acids is 2. The first-order valence-corrected chi connectivity index (χ1v) is 5.61. The van der Waals surface area contributed by atoms with Gasteiger partial charge in [0, 0.05) is 13.0 Å². The highest BCUT2D eigenvalue weighted by Crippen LogP contribution is 2.16. The first kappa shape index (κ1) is 14.0. The lowest BCUT2D eigenvalue weighted by atomic mass is 10.0. The van der Waals surface area contributed by atoms with E-state index < -0.39 is 5.97 Å². The summed E-state index contributed by atoms with van der Waals surface area (Å²) in [7, 11) is 0. The number of hydrogen-bond donors (Lipinski definition) is 0. The van der Waals surface area contributed by atoms with Crippen LogP contribution in [0.15, 0.2) is 43.0 Å². The van der Waals surface area contributed by atoms with Crippen LogP contribution in [0, 0.1) is 0 Å². The van der Waals surface area contributed by atoms with E-state index in [4.69, 9.17) is 9.47 Å². The average molecular weight is 248 g/mol. The third kappa shape index (κ3) is 4.82. The molecule has 0 radical (unpaired) electrons. The summed E-state index contributed by atoms with van der Waals surface area (Å²) in [6, 6.07) is 9.45. The Morgan fingerprint density at radius 3 is 2.39 bits per heavy atom. The van der Waals surface area contributed by atoms with Gasteiger partial charge in [-0.1, -0.05) is 36.9 Å². The maximum atomic E-state index is 11.0. The number of rotatable bonds is 6. The second-order valence-electron chi connectivity index (χ2n) is 3.74. The Morgan fingerprint density at radius 2 is 1.83 bits per heavy atom. The molecule has 0 saturated heterocycles. The minimum absolute atomic E-state index is 0.155. The van der Waals surface area contributed by atoms with Gasteiger partial charge in [-0.3, -0.25) is 4.79 Å². The van der Waals surface area contributed by atoms with Crippen LogP contribution >= 0.6 is 0 Å². The molecule has 0 aliphatic heterocycles. The SMILES string of the molecule is C=CC(=O)OCC(COC(C)=O)c1ccccc1. The fourth-order valence-corrected chi connectivity index (χ4v) is 1.43. The number of hydrogen-bond acceptors (Lipinski definition) is 4. The molecule has 1 unspecified atom stereocenters.